The SMILES string of the molecule is CCCC1CCC(C2CCC(OCC(F)(F)Oc3cc(F)c(F)c(F)c3)CC2)CC1. The third kappa shape index (κ3) is 6.32. The molecule has 1 aromatic rings. The molecule has 2 nitrogen and oxygen atoms in total. The molecule has 7 heteroatoms. The van der Waals surface area contributed by atoms with E-state index in [-0.39, 0.29) is 6.10 Å². The van der Waals surface area contributed by atoms with E-state index < -0.39 is 35.9 Å². The van der Waals surface area contributed by atoms with Crippen molar-refractivity contribution in [2.45, 2.75) is 83.3 Å². The average Bonchev–Trinajstić information content (AvgIpc) is 2.71. The van der Waals surface area contributed by atoms with Gasteiger partial charge in [-0.05, 0) is 56.3 Å². The van der Waals surface area contributed by atoms with Gasteiger partial charge in [0, 0.05) is 12.1 Å². The van der Waals surface area contributed by atoms with Crippen molar-refractivity contribution in [1.82, 2.24) is 0 Å². The number of hydrogen-bond donors (Lipinski definition) is 0. The summed E-state index contributed by atoms with van der Waals surface area (Å²) >= 11 is 0. The van der Waals surface area contributed by atoms with E-state index >= 15 is 0 Å². The van der Waals surface area contributed by atoms with Crippen LogP contribution in [0.4, 0.5) is 22.0 Å². The van der Waals surface area contributed by atoms with Crippen LogP contribution in [0.15, 0.2) is 12.1 Å². The summed E-state index contributed by atoms with van der Waals surface area (Å²) in [6.07, 6.45) is 7.13. The van der Waals surface area contributed by atoms with E-state index in [1.54, 1.807) is 0 Å². The Bertz CT molecular complexity index is 657. The molecule has 170 valence electrons. The Labute approximate surface area is 175 Å². The molecular weight excluding hydrogens is 403 g/mol. The molecule has 0 atom stereocenters. The number of alkyl halides is 2. The third-order valence-electron chi connectivity index (χ3n) is 6.69. The molecule has 2 fully saturated rings. The lowest BCUT2D eigenvalue weighted by Gasteiger charge is -2.38. The van der Waals surface area contributed by atoms with Crippen molar-refractivity contribution in [2.75, 3.05) is 6.61 Å². The van der Waals surface area contributed by atoms with E-state index in [9.17, 15) is 22.0 Å². The van der Waals surface area contributed by atoms with Crippen molar-refractivity contribution >= 4 is 0 Å². The number of rotatable bonds is 8. The lowest BCUT2D eigenvalue weighted by molar-refractivity contribution is -0.222. The molecule has 0 bridgehead atoms. The van der Waals surface area contributed by atoms with Gasteiger partial charge in [0.1, 0.15) is 5.75 Å². The van der Waals surface area contributed by atoms with Gasteiger partial charge in [-0.25, -0.2) is 13.2 Å². The van der Waals surface area contributed by atoms with E-state index in [0.717, 1.165) is 37.5 Å². The fraction of sp³-hybridized carbons (Fsp3) is 0.739. The summed E-state index contributed by atoms with van der Waals surface area (Å²) in [6.45, 7) is 1.23. The van der Waals surface area contributed by atoms with E-state index in [2.05, 4.69) is 11.7 Å². The van der Waals surface area contributed by atoms with Crippen LogP contribution < -0.4 is 4.74 Å². The molecule has 0 unspecified atom stereocenters. The Morgan fingerprint density at radius 3 is 1.93 bits per heavy atom. The van der Waals surface area contributed by atoms with Crippen molar-refractivity contribution < 1.29 is 31.4 Å². The van der Waals surface area contributed by atoms with Gasteiger partial charge in [0.15, 0.2) is 24.1 Å². The van der Waals surface area contributed by atoms with Crippen LogP contribution >= 0.6 is 0 Å². The molecule has 0 spiro atoms. The van der Waals surface area contributed by atoms with Gasteiger partial charge >= 0.3 is 6.11 Å². The predicted octanol–water partition coefficient (Wildman–Crippen LogP) is 7.26. The van der Waals surface area contributed by atoms with Gasteiger partial charge in [0.05, 0.1) is 6.10 Å². The van der Waals surface area contributed by atoms with Crippen molar-refractivity contribution in [3.8, 4) is 5.75 Å². The Morgan fingerprint density at radius 1 is 0.867 bits per heavy atom. The molecule has 0 aliphatic heterocycles. The number of hydrogen-bond acceptors (Lipinski definition) is 2. The molecule has 30 heavy (non-hydrogen) atoms. The highest BCUT2D eigenvalue weighted by Gasteiger charge is 2.36. The molecular formula is C23H31F5O2. The summed E-state index contributed by atoms with van der Waals surface area (Å²) in [7, 11) is 0. The highest BCUT2D eigenvalue weighted by atomic mass is 19.3. The first-order chi connectivity index (χ1) is 14.3. The Kier molecular flexibility index (Phi) is 7.99. The van der Waals surface area contributed by atoms with Gasteiger partial charge in [0.25, 0.3) is 0 Å². The van der Waals surface area contributed by atoms with Crippen LogP contribution in [0.1, 0.15) is 71.1 Å². The number of halogens is 5. The first kappa shape index (κ1) is 23.3. The summed E-state index contributed by atoms with van der Waals surface area (Å²) in [5, 5.41) is 0. The van der Waals surface area contributed by atoms with E-state index in [1.807, 2.05) is 0 Å². The minimum atomic E-state index is -3.76. The lowest BCUT2D eigenvalue weighted by atomic mass is 9.70. The number of benzene rings is 1. The van der Waals surface area contributed by atoms with Crippen molar-refractivity contribution in [3.63, 3.8) is 0 Å². The summed E-state index contributed by atoms with van der Waals surface area (Å²) in [5.74, 6) is -3.40. The second-order valence-corrected chi connectivity index (χ2v) is 8.86. The van der Waals surface area contributed by atoms with Crippen LogP contribution in [0, 0.1) is 35.2 Å². The summed E-state index contributed by atoms with van der Waals surface area (Å²) in [4.78, 5) is 0. The minimum Gasteiger partial charge on any atom is -0.431 e. The van der Waals surface area contributed by atoms with Crippen molar-refractivity contribution in [3.05, 3.63) is 29.6 Å². The zero-order valence-electron chi connectivity index (χ0n) is 17.4. The van der Waals surface area contributed by atoms with Crippen LogP contribution in [-0.4, -0.2) is 18.8 Å². The highest BCUT2D eigenvalue weighted by molar-refractivity contribution is 5.25. The topological polar surface area (TPSA) is 18.5 Å². The fourth-order valence-electron chi connectivity index (χ4n) is 5.09. The van der Waals surface area contributed by atoms with Gasteiger partial charge in [-0.2, -0.15) is 8.78 Å². The molecule has 0 N–H and O–H groups in total. The Balaban J connectivity index is 1.41. The van der Waals surface area contributed by atoms with Crippen LogP contribution in [0.2, 0.25) is 0 Å². The van der Waals surface area contributed by atoms with Gasteiger partial charge in [-0.3, -0.25) is 0 Å². The van der Waals surface area contributed by atoms with E-state index in [1.165, 1.54) is 38.5 Å². The molecule has 1 aromatic carbocycles. The van der Waals surface area contributed by atoms with Gasteiger partial charge in [0.2, 0.25) is 0 Å². The maximum absolute atomic E-state index is 14.0. The van der Waals surface area contributed by atoms with Gasteiger partial charge < -0.3 is 9.47 Å². The maximum Gasteiger partial charge on any atom is 0.421 e. The van der Waals surface area contributed by atoms with Crippen LogP contribution in [-0.2, 0) is 4.74 Å². The zero-order chi connectivity index (χ0) is 21.7. The quantitative estimate of drug-likeness (QED) is 0.317. The lowest BCUT2D eigenvalue weighted by Crippen LogP contribution is -2.35. The van der Waals surface area contributed by atoms with E-state index in [0.29, 0.717) is 18.1 Å². The summed E-state index contributed by atoms with van der Waals surface area (Å²) in [6, 6.07) is 0.791. The summed E-state index contributed by atoms with van der Waals surface area (Å²) in [5.41, 5.74) is 0. The molecule has 0 aromatic heterocycles. The summed E-state index contributed by atoms with van der Waals surface area (Å²) < 4.78 is 77.0. The fourth-order valence-corrected chi connectivity index (χ4v) is 5.09. The molecule has 2 aliphatic carbocycles. The average molecular weight is 434 g/mol. The van der Waals surface area contributed by atoms with Crippen LogP contribution in [0.5, 0.6) is 5.75 Å². The zero-order valence-corrected chi connectivity index (χ0v) is 17.4. The normalized spacial score (nSPS) is 27.8. The molecule has 0 radical (unpaired) electrons. The Morgan fingerprint density at radius 2 is 1.40 bits per heavy atom. The smallest absolute Gasteiger partial charge is 0.421 e. The molecule has 0 saturated heterocycles. The van der Waals surface area contributed by atoms with Crippen molar-refractivity contribution in [2.24, 2.45) is 17.8 Å². The standard InChI is InChI=1S/C23H31F5O2/c1-2-3-15-4-6-16(7-5-15)17-8-10-18(11-9-17)29-14-23(27,28)30-19-12-20(24)22(26)21(25)13-19/h12-13,15-18H,2-11,14H2,1H3. The monoisotopic (exact) mass is 434 g/mol. The predicted molar refractivity (Wildman–Crippen MR) is 104 cm³/mol. The van der Waals surface area contributed by atoms with Crippen molar-refractivity contribution in [1.29, 1.82) is 0 Å². The van der Waals surface area contributed by atoms with Gasteiger partial charge in [-0.1, -0.05) is 32.6 Å². The maximum atomic E-state index is 14.0. The number of ether oxygens (including phenoxy) is 2. The second kappa shape index (κ2) is 10.3. The first-order valence-electron chi connectivity index (χ1n) is 11.1. The highest BCUT2D eigenvalue weighted by Crippen LogP contribution is 2.41. The van der Waals surface area contributed by atoms with E-state index in [4.69, 9.17) is 4.74 Å². The van der Waals surface area contributed by atoms with Gasteiger partial charge in [-0.15, -0.1) is 0 Å². The van der Waals surface area contributed by atoms with Crippen LogP contribution in [0.3, 0.4) is 0 Å². The molecule has 2 saturated carbocycles. The first-order valence-corrected chi connectivity index (χ1v) is 11.1. The molecule has 0 heterocycles. The van der Waals surface area contributed by atoms with Crippen LogP contribution in [0.25, 0.3) is 0 Å². The Hall–Kier alpha value is -1.37. The minimum absolute atomic E-state index is 0.270. The molecule has 0 amide bonds. The third-order valence-corrected chi connectivity index (χ3v) is 6.69. The largest absolute Gasteiger partial charge is 0.431 e. The second-order valence-electron chi connectivity index (χ2n) is 8.86. The molecule has 2 aliphatic rings. The molecule has 3 rings (SSSR count).